The van der Waals surface area contributed by atoms with Crippen molar-refractivity contribution >= 4 is 15.9 Å². The Hall–Kier alpha value is -0.350. The van der Waals surface area contributed by atoms with Gasteiger partial charge in [0, 0.05) is 13.2 Å². The van der Waals surface area contributed by atoms with E-state index in [0.29, 0.717) is 6.61 Å². The second kappa shape index (κ2) is 6.71. The van der Waals surface area contributed by atoms with E-state index < -0.39 is 0 Å². The first kappa shape index (κ1) is 14.1. The van der Waals surface area contributed by atoms with E-state index in [4.69, 9.17) is 4.74 Å². The number of aryl methyl sites for hydroxylation is 2. The summed E-state index contributed by atoms with van der Waals surface area (Å²) in [6.07, 6.45) is 6.85. The molecule has 18 heavy (non-hydrogen) atoms. The molecule has 3 nitrogen and oxygen atoms in total. The van der Waals surface area contributed by atoms with Crippen LogP contribution in [0.1, 0.15) is 50.4 Å². The molecule has 0 aliphatic heterocycles. The molecule has 0 unspecified atom stereocenters. The minimum absolute atomic E-state index is 0.672. The van der Waals surface area contributed by atoms with Crippen LogP contribution >= 0.6 is 15.9 Å². The Bertz CT molecular complexity index is 383. The van der Waals surface area contributed by atoms with Crippen molar-refractivity contribution in [3.63, 3.8) is 0 Å². The minimum atomic E-state index is 0.672. The molecule has 102 valence electrons. The van der Waals surface area contributed by atoms with Gasteiger partial charge in [0.05, 0.1) is 22.5 Å². The SMILES string of the molecule is CCn1nc(C)c(Br)c1COCC1CCCCC1. The van der Waals surface area contributed by atoms with Crippen LogP contribution in [0.2, 0.25) is 0 Å². The maximum atomic E-state index is 5.90. The number of ether oxygens (including phenoxy) is 1. The number of hydrogen-bond donors (Lipinski definition) is 0. The van der Waals surface area contributed by atoms with Gasteiger partial charge in [-0.3, -0.25) is 4.68 Å². The first-order chi connectivity index (χ1) is 8.72. The van der Waals surface area contributed by atoms with Crippen LogP contribution in [-0.2, 0) is 17.9 Å². The Balaban J connectivity index is 1.85. The molecule has 1 heterocycles. The third-order valence-electron chi connectivity index (χ3n) is 3.77. The smallest absolute Gasteiger partial charge is 0.0896 e. The summed E-state index contributed by atoms with van der Waals surface area (Å²) in [5.74, 6) is 0.775. The maximum Gasteiger partial charge on any atom is 0.0896 e. The van der Waals surface area contributed by atoms with Gasteiger partial charge in [-0.1, -0.05) is 19.3 Å². The third-order valence-corrected chi connectivity index (χ3v) is 4.80. The van der Waals surface area contributed by atoms with Crippen molar-refractivity contribution in [2.75, 3.05) is 6.61 Å². The van der Waals surface area contributed by atoms with Crippen LogP contribution in [0.4, 0.5) is 0 Å². The molecule has 1 aliphatic rings. The summed E-state index contributed by atoms with van der Waals surface area (Å²) in [5.41, 5.74) is 2.22. The van der Waals surface area contributed by atoms with Gasteiger partial charge in [-0.05, 0) is 48.5 Å². The van der Waals surface area contributed by atoms with E-state index in [9.17, 15) is 0 Å². The van der Waals surface area contributed by atoms with Crippen molar-refractivity contribution in [1.82, 2.24) is 9.78 Å². The van der Waals surface area contributed by atoms with Gasteiger partial charge in [-0.25, -0.2) is 0 Å². The van der Waals surface area contributed by atoms with Crippen molar-refractivity contribution in [3.8, 4) is 0 Å². The summed E-state index contributed by atoms with van der Waals surface area (Å²) in [4.78, 5) is 0. The first-order valence-corrected chi connectivity index (χ1v) is 7.81. The summed E-state index contributed by atoms with van der Waals surface area (Å²) in [7, 11) is 0. The highest BCUT2D eigenvalue weighted by molar-refractivity contribution is 9.10. The third kappa shape index (κ3) is 3.35. The predicted molar refractivity (Wildman–Crippen MR) is 76.6 cm³/mol. The number of aromatic nitrogens is 2. The molecule has 0 bridgehead atoms. The van der Waals surface area contributed by atoms with E-state index in [1.165, 1.54) is 37.8 Å². The van der Waals surface area contributed by atoms with Gasteiger partial charge in [-0.2, -0.15) is 5.10 Å². The zero-order chi connectivity index (χ0) is 13.0. The number of rotatable bonds is 5. The molecule has 1 aromatic heterocycles. The summed E-state index contributed by atoms with van der Waals surface area (Å²) < 4.78 is 9.04. The molecule has 0 N–H and O–H groups in total. The molecule has 0 saturated heterocycles. The number of nitrogens with zero attached hydrogens (tertiary/aromatic N) is 2. The van der Waals surface area contributed by atoms with Crippen LogP contribution in [0.25, 0.3) is 0 Å². The van der Waals surface area contributed by atoms with Crippen molar-refractivity contribution in [3.05, 3.63) is 15.9 Å². The molecule has 2 rings (SSSR count). The zero-order valence-electron chi connectivity index (χ0n) is 11.4. The van der Waals surface area contributed by atoms with Gasteiger partial charge in [0.25, 0.3) is 0 Å². The molecule has 0 aromatic carbocycles. The molecule has 4 heteroatoms. The fourth-order valence-electron chi connectivity index (χ4n) is 2.68. The summed E-state index contributed by atoms with van der Waals surface area (Å²) >= 11 is 3.60. The predicted octanol–water partition coefficient (Wildman–Crippen LogP) is 4.07. The molecule has 1 saturated carbocycles. The lowest BCUT2D eigenvalue weighted by Crippen LogP contribution is -2.14. The highest BCUT2D eigenvalue weighted by atomic mass is 79.9. The zero-order valence-corrected chi connectivity index (χ0v) is 13.0. The fraction of sp³-hybridized carbons (Fsp3) is 0.786. The lowest BCUT2D eigenvalue weighted by molar-refractivity contribution is 0.0695. The molecular formula is C14H23BrN2O. The minimum Gasteiger partial charge on any atom is -0.375 e. The Morgan fingerprint density at radius 1 is 1.33 bits per heavy atom. The first-order valence-electron chi connectivity index (χ1n) is 7.02. The quantitative estimate of drug-likeness (QED) is 0.819. The Morgan fingerprint density at radius 3 is 2.72 bits per heavy atom. The molecule has 0 spiro atoms. The maximum absolute atomic E-state index is 5.90. The molecule has 1 aliphatic carbocycles. The monoisotopic (exact) mass is 314 g/mol. The lowest BCUT2D eigenvalue weighted by Gasteiger charge is -2.21. The second-order valence-electron chi connectivity index (χ2n) is 5.18. The van der Waals surface area contributed by atoms with Crippen molar-refractivity contribution < 1.29 is 4.74 Å². The van der Waals surface area contributed by atoms with E-state index in [1.807, 2.05) is 11.6 Å². The van der Waals surface area contributed by atoms with Crippen LogP contribution in [0, 0.1) is 12.8 Å². The molecular weight excluding hydrogens is 292 g/mol. The number of halogens is 1. The van der Waals surface area contributed by atoms with Gasteiger partial charge in [0.2, 0.25) is 0 Å². The Labute approximate surface area is 118 Å². The highest BCUT2D eigenvalue weighted by Crippen LogP contribution is 2.25. The van der Waals surface area contributed by atoms with Crippen molar-refractivity contribution in [1.29, 1.82) is 0 Å². The Morgan fingerprint density at radius 2 is 2.06 bits per heavy atom. The van der Waals surface area contributed by atoms with E-state index in [2.05, 4.69) is 28.0 Å². The van der Waals surface area contributed by atoms with E-state index in [-0.39, 0.29) is 0 Å². The van der Waals surface area contributed by atoms with E-state index in [0.717, 1.165) is 29.2 Å². The van der Waals surface area contributed by atoms with Gasteiger partial charge in [0.15, 0.2) is 0 Å². The van der Waals surface area contributed by atoms with Crippen LogP contribution in [0.5, 0.6) is 0 Å². The van der Waals surface area contributed by atoms with Gasteiger partial charge in [0.1, 0.15) is 0 Å². The summed E-state index contributed by atoms with van der Waals surface area (Å²) in [5, 5.41) is 4.48. The van der Waals surface area contributed by atoms with Crippen LogP contribution in [0.3, 0.4) is 0 Å². The van der Waals surface area contributed by atoms with E-state index >= 15 is 0 Å². The molecule has 1 fully saturated rings. The summed E-state index contributed by atoms with van der Waals surface area (Å²) in [6.45, 7) is 6.62. The van der Waals surface area contributed by atoms with Crippen LogP contribution < -0.4 is 0 Å². The molecule has 0 amide bonds. The average molecular weight is 315 g/mol. The van der Waals surface area contributed by atoms with Gasteiger partial charge >= 0.3 is 0 Å². The standard InChI is InChI=1S/C14H23BrN2O/c1-3-17-13(14(15)11(2)16-17)10-18-9-12-7-5-4-6-8-12/h12H,3-10H2,1-2H3. The highest BCUT2D eigenvalue weighted by Gasteiger charge is 2.15. The largest absolute Gasteiger partial charge is 0.375 e. The topological polar surface area (TPSA) is 27.1 Å². The number of hydrogen-bond acceptors (Lipinski definition) is 2. The Kier molecular flexibility index (Phi) is 5.25. The van der Waals surface area contributed by atoms with Crippen molar-refractivity contribution in [2.45, 2.75) is 59.1 Å². The van der Waals surface area contributed by atoms with Crippen LogP contribution in [-0.4, -0.2) is 16.4 Å². The fourth-order valence-corrected chi connectivity index (χ4v) is 3.08. The van der Waals surface area contributed by atoms with E-state index in [1.54, 1.807) is 0 Å². The van der Waals surface area contributed by atoms with Gasteiger partial charge in [-0.15, -0.1) is 0 Å². The van der Waals surface area contributed by atoms with Gasteiger partial charge < -0.3 is 4.74 Å². The second-order valence-corrected chi connectivity index (χ2v) is 5.97. The average Bonchev–Trinajstić information content (AvgIpc) is 2.67. The molecule has 0 atom stereocenters. The van der Waals surface area contributed by atoms with Crippen LogP contribution in [0.15, 0.2) is 4.47 Å². The molecule has 0 radical (unpaired) electrons. The normalized spacial score (nSPS) is 17.3. The van der Waals surface area contributed by atoms with Crippen molar-refractivity contribution in [2.24, 2.45) is 5.92 Å². The summed E-state index contributed by atoms with van der Waals surface area (Å²) in [6, 6.07) is 0. The lowest BCUT2D eigenvalue weighted by atomic mass is 9.90. The molecule has 1 aromatic rings.